The van der Waals surface area contributed by atoms with E-state index in [1.54, 1.807) is 0 Å². The molecule has 2 rings (SSSR count). The molecule has 0 aromatic heterocycles. The van der Waals surface area contributed by atoms with E-state index in [1.807, 2.05) is 6.07 Å². The van der Waals surface area contributed by atoms with Crippen molar-refractivity contribution in [3.8, 4) is 11.8 Å². The quantitative estimate of drug-likeness (QED) is 0.666. The van der Waals surface area contributed by atoms with Crippen molar-refractivity contribution in [1.29, 1.82) is 0 Å². The van der Waals surface area contributed by atoms with Crippen LogP contribution in [0.2, 0.25) is 0 Å². The first kappa shape index (κ1) is 8.34. The molecule has 0 spiro atoms. The molecule has 0 fully saturated rings. The Labute approximate surface area is 79.2 Å². The van der Waals surface area contributed by atoms with Gasteiger partial charge in [-0.25, -0.2) is 0 Å². The summed E-state index contributed by atoms with van der Waals surface area (Å²) in [7, 11) is 0. The second-order valence-corrected chi connectivity index (χ2v) is 3.27. The average molecular weight is 171 g/mol. The molecule has 0 bridgehead atoms. The van der Waals surface area contributed by atoms with Gasteiger partial charge in [0.2, 0.25) is 0 Å². The van der Waals surface area contributed by atoms with Crippen LogP contribution in [0.4, 0.5) is 0 Å². The monoisotopic (exact) mass is 171 g/mol. The smallest absolute Gasteiger partial charge is 0.0730 e. The zero-order valence-electron chi connectivity index (χ0n) is 7.59. The molecule has 1 nitrogen and oxygen atoms in total. The molecular weight excluding hydrogens is 158 g/mol. The lowest BCUT2D eigenvalue weighted by Gasteiger charge is -2.14. The van der Waals surface area contributed by atoms with Gasteiger partial charge in [0.15, 0.2) is 0 Å². The molecule has 0 aliphatic carbocycles. The molecule has 1 aliphatic heterocycles. The number of hydrogen-bond acceptors (Lipinski definition) is 1. The van der Waals surface area contributed by atoms with Crippen LogP contribution >= 0.6 is 0 Å². The van der Waals surface area contributed by atoms with Gasteiger partial charge in [-0.3, -0.25) is 0 Å². The van der Waals surface area contributed by atoms with Crippen molar-refractivity contribution >= 4 is 0 Å². The summed E-state index contributed by atoms with van der Waals surface area (Å²) in [5.74, 6) is 6.35. The fourth-order valence-corrected chi connectivity index (χ4v) is 1.53. The van der Waals surface area contributed by atoms with E-state index in [0.717, 1.165) is 19.4 Å². The second-order valence-electron chi connectivity index (χ2n) is 3.27. The summed E-state index contributed by atoms with van der Waals surface area (Å²) >= 11 is 0. The summed E-state index contributed by atoms with van der Waals surface area (Å²) in [6.07, 6.45) is 2.01. The standard InChI is InChI=1S/C12H13N/c1-2-6-11(7-3-1)10-12-8-4-5-9-13-12/h1-3,6-7,12-13H,5,9-10H2. The van der Waals surface area contributed by atoms with Gasteiger partial charge < -0.3 is 5.32 Å². The Bertz CT molecular complexity index is 318. The lowest BCUT2D eigenvalue weighted by Crippen LogP contribution is -2.32. The van der Waals surface area contributed by atoms with E-state index in [4.69, 9.17) is 0 Å². The Kier molecular flexibility index (Phi) is 2.64. The predicted octanol–water partition coefficient (Wildman–Crippen LogP) is 1.59. The first-order valence-corrected chi connectivity index (χ1v) is 4.71. The van der Waals surface area contributed by atoms with Gasteiger partial charge in [0, 0.05) is 13.0 Å². The third-order valence-electron chi connectivity index (χ3n) is 2.20. The van der Waals surface area contributed by atoms with Gasteiger partial charge in [0.05, 0.1) is 6.04 Å². The molecule has 1 heteroatoms. The molecule has 0 radical (unpaired) electrons. The van der Waals surface area contributed by atoms with Crippen LogP contribution in [0, 0.1) is 11.8 Å². The number of hydrogen-bond donors (Lipinski definition) is 1. The van der Waals surface area contributed by atoms with Crippen molar-refractivity contribution in [1.82, 2.24) is 5.32 Å². The van der Waals surface area contributed by atoms with Crippen molar-refractivity contribution in [2.24, 2.45) is 0 Å². The molecular formula is C12H13N. The summed E-state index contributed by atoms with van der Waals surface area (Å²) in [5.41, 5.74) is 1.36. The lowest BCUT2D eigenvalue weighted by molar-refractivity contribution is 0.599. The van der Waals surface area contributed by atoms with Gasteiger partial charge in [-0.05, 0) is 12.0 Å². The average Bonchev–Trinajstić information content (AvgIpc) is 2.21. The largest absolute Gasteiger partial charge is 0.302 e. The van der Waals surface area contributed by atoms with E-state index in [0.29, 0.717) is 6.04 Å². The summed E-state index contributed by atoms with van der Waals surface area (Å²) in [5, 5.41) is 3.39. The van der Waals surface area contributed by atoms with E-state index < -0.39 is 0 Å². The molecule has 1 aromatic carbocycles. The van der Waals surface area contributed by atoms with Crippen LogP contribution in [-0.4, -0.2) is 12.6 Å². The van der Waals surface area contributed by atoms with Crippen LogP contribution in [0.3, 0.4) is 0 Å². The van der Waals surface area contributed by atoms with E-state index in [-0.39, 0.29) is 0 Å². The molecule has 1 aromatic rings. The maximum atomic E-state index is 3.39. The lowest BCUT2D eigenvalue weighted by atomic mass is 10.0. The van der Waals surface area contributed by atoms with Crippen LogP contribution in [0.25, 0.3) is 0 Å². The highest BCUT2D eigenvalue weighted by molar-refractivity contribution is 5.21. The fraction of sp³-hybridized carbons (Fsp3) is 0.333. The second kappa shape index (κ2) is 4.11. The van der Waals surface area contributed by atoms with Crippen LogP contribution in [0.15, 0.2) is 30.3 Å². The van der Waals surface area contributed by atoms with E-state index in [2.05, 4.69) is 41.4 Å². The number of nitrogens with one attached hydrogen (secondary N) is 1. The molecule has 13 heavy (non-hydrogen) atoms. The molecule has 66 valence electrons. The SMILES string of the molecule is C1#CC(Cc2ccccc2)NCC1. The van der Waals surface area contributed by atoms with Crippen molar-refractivity contribution in [3.63, 3.8) is 0 Å². The normalized spacial score (nSPS) is 20.5. The highest BCUT2D eigenvalue weighted by Crippen LogP contribution is 2.03. The molecule has 1 atom stereocenters. The Morgan fingerprint density at radius 3 is 2.85 bits per heavy atom. The molecule has 1 heterocycles. The van der Waals surface area contributed by atoms with Crippen LogP contribution in [0.5, 0.6) is 0 Å². The third kappa shape index (κ3) is 2.34. The molecule has 1 unspecified atom stereocenters. The Morgan fingerprint density at radius 2 is 2.15 bits per heavy atom. The van der Waals surface area contributed by atoms with Crippen molar-refractivity contribution in [2.75, 3.05) is 6.54 Å². The van der Waals surface area contributed by atoms with Gasteiger partial charge in [-0.1, -0.05) is 36.3 Å². The van der Waals surface area contributed by atoms with Crippen LogP contribution in [0.1, 0.15) is 12.0 Å². The summed E-state index contributed by atoms with van der Waals surface area (Å²) in [4.78, 5) is 0. The highest BCUT2D eigenvalue weighted by Gasteiger charge is 2.06. The summed E-state index contributed by atoms with van der Waals surface area (Å²) < 4.78 is 0. The van der Waals surface area contributed by atoms with Gasteiger partial charge in [0.25, 0.3) is 0 Å². The molecule has 1 N–H and O–H groups in total. The number of rotatable bonds is 2. The van der Waals surface area contributed by atoms with Gasteiger partial charge in [-0.2, -0.15) is 0 Å². The summed E-state index contributed by atoms with van der Waals surface area (Å²) in [6, 6.07) is 10.9. The molecule has 0 saturated carbocycles. The zero-order chi connectivity index (χ0) is 8.93. The first-order valence-electron chi connectivity index (χ1n) is 4.71. The summed E-state index contributed by atoms with van der Waals surface area (Å²) in [6.45, 7) is 1.03. The predicted molar refractivity (Wildman–Crippen MR) is 54.3 cm³/mol. The fourth-order valence-electron chi connectivity index (χ4n) is 1.53. The van der Waals surface area contributed by atoms with Crippen LogP contribution in [-0.2, 0) is 6.42 Å². The molecule has 0 amide bonds. The minimum atomic E-state index is 0.358. The zero-order valence-corrected chi connectivity index (χ0v) is 7.59. The Hall–Kier alpha value is -1.26. The van der Waals surface area contributed by atoms with Crippen LogP contribution < -0.4 is 5.32 Å². The van der Waals surface area contributed by atoms with Gasteiger partial charge in [-0.15, -0.1) is 5.92 Å². The van der Waals surface area contributed by atoms with Crippen molar-refractivity contribution in [2.45, 2.75) is 18.9 Å². The maximum absolute atomic E-state index is 3.39. The number of benzene rings is 1. The Balaban J connectivity index is 2.00. The highest BCUT2D eigenvalue weighted by atomic mass is 14.9. The van der Waals surface area contributed by atoms with Crippen molar-refractivity contribution < 1.29 is 0 Å². The molecule has 1 aliphatic rings. The maximum Gasteiger partial charge on any atom is 0.0730 e. The van der Waals surface area contributed by atoms with E-state index in [9.17, 15) is 0 Å². The van der Waals surface area contributed by atoms with Crippen molar-refractivity contribution in [3.05, 3.63) is 35.9 Å². The Morgan fingerprint density at radius 1 is 1.31 bits per heavy atom. The topological polar surface area (TPSA) is 12.0 Å². The molecule has 0 saturated heterocycles. The van der Waals surface area contributed by atoms with E-state index in [1.165, 1.54) is 5.56 Å². The first-order chi connectivity index (χ1) is 6.45. The third-order valence-corrected chi connectivity index (χ3v) is 2.20. The van der Waals surface area contributed by atoms with E-state index >= 15 is 0 Å². The minimum Gasteiger partial charge on any atom is -0.302 e. The van der Waals surface area contributed by atoms with Gasteiger partial charge in [0.1, 0.15) is 0 Å². The minimum absolute atomic E-state index is 0.358. The van der Waals surface area contributed by atoms with Gasteiger partial charge >= 0.3 is 0 Å².